The number of ether oxygens (including phenoxy) is 1. The largest absolute Gasteiger partial charge is 0.492 e. The van der Waals surface area contributed by atoms with E-state index in [0.717, 1.165) is 28.0 Å². The number of aryl methyl sites for hydroxylation is 4. The lowest BCUT2D eigenvalue weighted by Gasteiger charge is -2.24. The van der Waals surface area contributed by atoms with Gasteiger partial charge in [-0.3, -0.25) is 9.10 Å². The van der Waals surface area contributed by atoms with Gasteiger partial charge in [0.15, 0.2) is 0 Å². The van der Waals surface area contributed by atoms with Gasteiger partial charge in [-0.2, -0.15) is 0 Å². The lowest BCUT2D eigenvalue weighted by molar-refractivity contribution is 0.0947. The summed E-state index contributed by atoms with van der Waals surface area (Å²) in [5, 5.41) is 2.85. The quantitative estimate of drug-likeness (QED) is 0.451. The molecule has 6 nitrogen and oxygen atoms in total. The van der Waals surface area contributed by atoms with E-state index >= 15 is 0 Å². The third-order valence-corrected chi connectivity index (χ3v) is 6.82. The third kappa shape index (κ3) is 6.60. The Morgan fingerprint density at radius 3 is 2.21 bits per heavy atom. The molecule has 0 heterocycles. The fraction of sp³-hybridized carbons (Fsp3) is 0.296. The minimum absolute atomic E-state index is 0.189. The summed E-state index contributed by atoms with van der Waals surface area (Å²) in [5.74, 6) is 0.575. The van der Waals surface area contributed by atoms with Crippen molar-refractivity contribution < 1.29 is 17.9 Å². The normalized spacial score (nSPS) is 11.2. The standard InChI is InChI=1S/C27H32N2O4S/c1-19-6-13-26(22(4)16-19)29(34(5,31)32)18-23-8-10-24(11-9-23)27(30)28-14-15-33-25-12-7-20(2)21(3)17-25/h6-13,16-17H,14-15,18H2,1-5H3,(H,28,30). The second-order valence-electron chi connectivity index (χ2n) is 8.61. The topological polar surface area (TPSA) is 75.7 Å². The fourth-order valence-electron chi connectivity index (χ4n) is 3.63. The number of sulfonamides is 1. The summed E-state index contributed by atoms with van der Waals surface area (Å²) in [7, 11) is -3.48. The first-order valence-corrected chi connectivity index (χ1v) is 13.0. The number of carbonyl (C=O) groups excluding carboxylic acids is 1. The van der Waals surface area contributed by atoms with Crippen molar-refractivity contribution in [3.63, 3.8) is 0 Å². The van der Waals surface area contributed by atoms with Crippen molar-refractivity contribution in [1.82, 2.24) is 5.32 Å². The first-order valence-electron chi connectivity index (χ1n) is 11.2. The summed E-state index contributed by atoms with van der Waals surface area (Å²) < 4.78 is 32.1. The highest BCUT2D eigenvalue weighted by Gasteiger charge is 2.20. The van der Waals surface area contributed by atoms with E-state index in [2.05, 4.69) is 5.32 Å². The molecule has 0 radical (unpaired) electrons. The van der Waals surface area contributed by atoms with Crippen LogP contribution in [-0.2, 0) is 16.6 Å². The maximum absolute atomic E-state index is 12.5. The monoisotopic (exact) mass is 480 g/mol. The van der Waals surface area contributed by atoms with Crippen molar-refractivity contribution in [2.75, 3.05) is 23.7 Å². The number of nitrogens with one attached hydrogen (secondary N) is 1. The van der Waals surface area contributed by atoms with Crippen LogP contribution in [0.1, 0.15) is 38.2 Å². The number of rotatable bonds is 9. The zero-order valence-electron chi connectivity index (χ0n) is 20.4. The Morgan fingerprint density at radius 2 is 1.59 bits per heavy atom. The maximum Gasteiger partial charge on any atom is 0.251 e. The molecule has 0 unspecified atom stereocenters. The molecule has 3 rings (SSSR count). The van der Waals surface area contributed by atoms with Gasteiger partial charge in [0.2, 0.25) is 10.0 Å². The Kier molecular flexibility index (Phi) is 7.99. The van der Waals surface area contributed by atoms with Crippen LogP contribution in [0.5, 0.6) is 5.75 Å². The molecule has 34 heavy (non-hydrogen) atoms. The molecule has 0 atom stereocenters. The van der Waals surface area contributed by atoms with Gasteiger partial charge < -0.3 is 10.1 Å². The molecule has 0 fully saturated rings. The molecule has 7 heteroatoms. The average Bonchev–Trinajstić information content (AvgIpc) is 2.77. The van der Waals surface area contributed by atoms with Gasteiger partial charge in [-0.25, -0.2) is 8.42 Å². The Hall–Kier alpha value is -3.32. The smallest absolute Gasteiger partial charge is 0.251 e. The molecule has 0 saturated heterocycles. The number of amides is 1. The van der Waals surface area contributed by atoms with Crippen molar-refractivity contribution in [1.29, 1.82) is 0 Å². The lowest BCUT2D eigenvalue weighted by Crippen LogP contribution is -2.30. The van der Waals surface area contributed by atoms with E-state index in [1.54, 1.807) is 24.3 Å². The van der Waals surface area contributed by atoms with Crippen molar-refractivity contribution in [2.45, 2.75) is 34.2 Å². The maximum atomic E-state index is 12.5. The minimum Gasteiger partial charge on any atom is -0.492 e. The number of anilines is 1. The predicted molar refractivity (Wildman–Crippen MR) is 137 cm³/mol. The van der Waals surface area contributed by atoms with Crippen LogP contribution in [-0.4, -0.2) is 33.7 Å². The van der Waals surface area contributed by atoms with E-state index in [1.807, 2.05) is 64.1 Å². The summed E-state index contributed by atoms with van der Waals surface area (Å²) >= 11 is 0. The first-order chi connectivity index (χ1) is 16.0. The molecule has 180 valence electrons. The highest BCUT2D eigenvalue weighted by molar-refractivity contribution is 7.92. The molecule has 0 spiro atoms. The van der Waals surface area contributed by atoms with Crippen LogP contribution >= 0.6 is 0 Å². The summed E-state index contributed by atoms with van der Waals surface area (Å²) in [5.41, 5.74) is 6.28. The molecular formula is C27H32N2O4S. The summed E-state index contributed by atoms with van der Waals surface area (Å²) in [4.78, 5) is 12.5. The van der Waals surface area contributed by atoms with Crippen molar-refractivity contribution >= 4 is 21.6 Å². The van der Waals surface area contributed by atoms with E-state index in [1.165, 1.54) is 16.1 Å². The van der Waals surface area contributed by atoms with E-state index in [4.69, 9.17) is 4.74 Å². The van der Waals surface area contributed by atoms with Crippen molar-refractivity contribution in [3.8, 4) is 5.75 Å². The SMILES string of the molecule is Cc1ccc(N(Cc2ccc(C(=O)NCCOc3ccc(C)c(C)c3)cc2)S(C)(=O)=O)c(C)c1. The zero-order chi connectivity index (χ0) is 24.9. The molecule has 0 aliphatic rings. The van der Waals surface area contributed by atoms with Gasteiger partial charge in [0.05, 0.1) is 25.0 Å². The predicted octanol–water partition coefficient (Wildman–Crippen LogP) is 4.70. The first kappa shape index (κ1) is 25.3. The summed E-state index contributed by atoms with van der Waals surface area (Å²) in [6.45, 7) is 8.89. The van der Waals surface area contributed by atoms with Gasteiger partial charge in [-0.1, -0.05) is 35.9 Å². The molecule has 0 saturated carbocycles. The average molecular weight is 481 g/mol. The second-order valence-corrected chi connectivity index (χ2v) is 10.5. The van der Waals surface area contributed by atoms with Gasteiger partial charge >= 0.3 is 0 Å². The second kappa shape index (κ2) is 10.7. The lowest BCUT2D eigenvalue weighted by atomic mass is 10.1. The Bertz CT molecular complexity index is 1270. The van der Waals surface area contributed by atoms with Crippen LogP contribution in [0.3, 0.4) is 0 Å². The molecule has 3 aromatic rings. The molecule has 0 aromatic heterocycles. The van der Waals surface area contributed by atoms with Crippen molar-refractivity contribution in [3.05, 3.63) is 94.0 Å². The van der Waals surface area contributed by atoms with Gasteiger partial charge in [0, 0.05) is 5.56 Å². The Morgan fingerprint density at radius 1 is 0.882 bits per heavy atom. The van der Waals surface area contributed by atoms with E-state index in [9.17, 15) is 13.2 Å². The van der Waals surface area contributed by atoms with E-state index in [-0.39, 0.29) is 12.5 Å². The molecule has 0 aliphatic carbocycles. The number of nitrogens with zero attached hydrogens (tertiary/aromatic N) is 1. The number of benzene rings is 3. The molecule has 1 N–H and O–H groups in total. The van der Waals surface area contributed by atoms with Crippen LogP contribution in [0, 0.1) is 27.7 Å². The van der Waals surface area contributed by atoms with E-state index < -0.39 is 10.0 Å². The van der Waals surface area contributed by atoms with E-state index in [0.29, 0.717) is 24.4 Å². The van der Waals surface area contributed by atoms with Gasteiger partial charge in [0.25, 0.3) is 5.91 Å². The van der Waals surface area contributed by atoms with Crippen LogP contribution in [0.15, 0.2) is 60.7 Å². The van der Waals surface area contributed by atoms with Crippen LogP contribution in [0.25, 0.3) is 0 Å². The highest BCUT2D eigenvalue weighted by Crippen LogP contribution is 2.25. The van der Waals surface area contributed by atoms with Gasteiger partial charge in [0.1, 0.15) is 12.4 Å². The Labute approximate surface area is 202 Å². The zero-order valence-corrected chi connectivity index (χ0v) is 21.2. The molecule has 1 amide bonds. The number of hydrogen-bond acceptors (Lipinski definition) is 4. The number of hydrogen-bond donors (Lipinski definition) is 1. The van der Waals surface area contributed by atoms with Crippen LogP contribution in [0.2, 0.25) is 0 Å². The number of carbonyl (C=O) groups is 1. The van der Waals surface area contributed by atoms with Crippen molar-refractivity contribution in [2.24, 2.45) is 0 Å². The fourth-order valence-corrected chi connectivity index (χ4v) is 4.58. The third-order valence-electron chi connectivity index (χ3n) is 5.70. The highest BCUT2D eigenvalue weighted by atomic mass is 32.2. The van der Waals surface area contributed by atoms with Gasteiger partial charge in [-0.15, -0.1) is 0 Å². The summed E-state index contributed by atoms with van der Waals surface area (Å²) in [6, 6.07) is 18.6. The Balaban J connectivity index is 1.59. The minimum atomic E-state index is -3.48. The molecule has 0 bridgehead atoms. The van der Waals surface area contributed by atoms with Crippen LogP contribution < -0.4 is 14.4 Å². The van der Waals surface area contributed by atoms with Gasteiger partial charge in [-0.05, 0) is 80.3 Å². The summed E-state index contributed by atoms with van der Waals surface area (Å²) in [6.07, 6.45) is 1.20. The molecular weight excluding hydrogens is 448 g/mol. The van der Waals surface area contributed by atoms with Crippen LogP contribution in [0.4, 0.5) is 5.69 Å². The molecule has 3 aromatic carbocycles. The molecule has 0 aliphatic heterocycles.